The molecule has 4 rings (SSSR count). The number of aromatic nitrogens is 3. The summed E-state index contributed by atoms with van der Waals surface area (Å²) in [5.74, 6) is 1.60. The first-order valence-corrected chi connectivity index (χ1v) is 12.6. The van der Waals surface area contributed by atoms with Crippen molar-refractivity contribution in [2.75, 3.05) is 52.8 Å². The van der Waals surface area contributed by atoms with Crippen LogP contribution in [-0.2, 0) is 4.74 Å². The lowest BCUT2D eigenvalue weighted by atomic mass is 9.87. The molecule has 3 aromatic rings. The largest absolute Gasteiger partial charge is 0.495 e. The highest BCUT2D eigenvalue weighted by Crippen LogP contribution is 2.35. The summed E-state index contributed by atoms with van der Waals surface area (Å²) in [5, 5.41) is 27.9. The van der Waals surface area contributed by atoms with Crippen molar-refractivity contribution in [2.24, 2.45) is 4.99 Å². The maximum Gasteiger partial charge on any atom is 0.245 e. The van der Waals surface area contributed by atoms with Gasteiger partial charge in [0, 0.05) is 26.1 Å². The zero-order chi connectivity index (χ0) is 26.4. The van der Waals surface area contributed by atoms with E-state index >= 15 is 0 Å². The van der Waals surface area contributed by atoms with E-state index in [2.05, 4.69) is 33.2 Å². The molecule has 1 saturated heterocycles. The number of methoxy groups -OCH3 is 2. The van der Waals surface area contributed by atoms with Crippen molar-refractivity contribution in [3.63, 3.8) is 0 Å². The quantitative estimate of drug-likeness (QED) is 0.298. The van der Waals surface area contributed by atoms with Crippen LogP contribution in [0.25, 0.3) is 11.1 Å². The Kier molecular flexibility index (Phi) is 8.75. The molecular weight excluding hydrogens is 472 g/mol. The van der Waals surface area contributed by atoms with E-state index in [0.717, 1.165) is 47.4 Å². The van der Waals surface area contributed by atoms with Gasteiger partial charge in [0.15, 0.2) is 0 Å². The van der Waals surface area contributed by atoms with Gasteiger partial charge in [-0.25, -0.2) is 9.50 Å². The molecule has 0 amide bonds. The summed E-state index contributed by atoms with van der Waals surface area (Å²) in [4.78, 5) is 10.8. The number of benzene rings is 1. The Hall–Kier alpha value is -3.47. The molecule has 0 bridgehead atoms. The molecule has 1 aliphatic rings. The van der Waals surface area contributed by atoms with Crippen molar-refractivity contribution in [1.82, 2.24) is 19.5 Å². The van der Waals surface area contributed by atoms with E-state index in [1.165, 1.54) is 0 Å². The highest BCUT2D eigenvalue weighted by atomic mass is 16.5. The molecule has 1 aromatic carbocycles. The fourth-order valence-electron chi connectivity index (χ4n) is 4.88. The van der Waals surface area contributed by atoms with Crippen LogP contribution in [-0.4, -0.2) is 89.2 Å². The Labute approximate surface area is 217 Å². The van der Waals surface area contributed by atoms with Gasteiger partial charge in [0.2, 0.25) is 11.8 Å². The molecule has 0 aliphatic carbocycles. The van der Waals surface area contributed by atoms with Crippen LogP contribution >= 0.6 is 0 Å². The predicted octanol–water partition coefficient (Wildman–Crippen LogP) is 3.09. The third-order valence-electron chi connectivity index (χ3n) is 6.69. The average molecular weight is 509 g/mol. The van der Waals surface area contributed by atoms with E-state index in [0.29, 0.717) is 30.7 Å². The molecule has 10 heteroatoms. The number of β-amino-alcohol motifs (C(OH)–C–C–N with tert-alkyl or cyclic N) is 2. The summed E-state index contributed by atoms with van der Waals surface area (Å²) in [6, 6.07) is 9.83. The third-order valence-corrected chi connectivity index (χ3v) is 6.69. The maximum absolute atomic E-state index is 10.7. The minimum atomic E-state index is -0.504. The summed E-state index contributed by atoms with van der Waals surface area (Å²) < 4.78 is 13.0. The lowest BCUT2D eigenvalue weighted by Crippen LogP contribution is -2.43. The summed E-state index contributed by atoms with van der Waals surface area (Å²) in [6.45, 7) is 4.12. The molecule has 0 spiro atoms. The number of rotatable bonds is 9. The fourth-order valence-corrected chi connectivity index (χ4v) is 4.88. The molecule has 10 nitrogen and oxygen atoms in total. The summed E-state index contributed by atoms with van der Waals surface area (Å²) in [5.41, 5.74) is 4.31. The number of nitrogens with zero attached hydrogens (tertiary/aromatic N) is 5. The first-order chi connectivity index (χ1) is 18.0. The van der Waals surface area contributed by atoms with Crippen molar-refractivity contribution < 1.29 is 19.7 Å². The molecular formula is C27H36N6O4. The number of aliphatic hydroxyl groups excluding tert-OH is 2. The Morgan fingerprint density at radius 3 is 2.78 bits per heavy atom. The number of allylic oxidation sites excluding steroid dienone is 1. The van der Waals surface area contributed by atoms with Crippen LogP contribution in [0.15, 0.2) is 47.6 Å². The number of anilines is 2. The number of piperidine rings is 1. The predicted molar refractivity (Wildman–Crippen MR) is 145 cm³/mol. The summed E-state index contributed by atoms with van der Waals surface area (Å²) in [7, 11) is 4.93. The van der Waals surface area contributed by atoms with Crippen molar-refractivity contribution in [2.45, 2.75) is 31.8 Å². The third kappa shape index (κ3) is 5.76. The molecule has 2 atom stereocenters. The van der Waals surface area contributed by atoms with Crippen LogP contribution in [0.4, 0.5) is 11.6 Å². The molecule has 37 heavy (non-hydrogen) atoms. The molecule has 0 radical (unpaired) electrons. The van der Waals surface area contributed by atoms with Gasteiger partial charge in [-0.05, 0) is 49.2 Å². The summed E-state index contributed by atoms with van der Waals surface area (Å²) >= 11 is 0. The van der Waals surface area contributed by atoms with Gasteiger partial charge in [-0.1, -0.05) is 19.1 Å². The lowest BCUT2D eigenvalue weighted by Gasteiger charge is -2.36. The van der Waals surface area contributed by atoms with Gasteiger partial charge in [-0.2, -0.15) is 0 Å². The van der Waals surface area contributed by atoms with Gasteiger partial charge in [-0.3, -0.25) is 9.89 Å². The van der Waals surface area contributed by atoms with Gasteiger partial charge in [0.25, 0.3) is 0 Å². The minimum Gasteiger partial charge on any atom is -0.495 e. The topological polar surface area (TPSA) is 117 Å². The van der Waals surface area contributed by atoms with Crippen molar-refractivity contribution in [1.29, 1.82) is 0 Å². The second-order valence-corrected chi connectivity index (χ2v) is 8.97. The number of aliphatic imine (C=N–C) groups is 1. The standard InChI is InChI=1S/C27H36N6O4/c1-5-6-21(26(28-2)37-4)23-10-8-19-16-29-27(31-33(19)23)30-22-9-7-18(15-25(22)36-3)20-11-12-32(13-14-34)17-24(20)35/h6-10,15-16,20,24,34-35H,5,11-14,17H2,1-4H3,(H,30,31)/b21-6-,28-26?/t20-,24-/m0/s1. The van der Waals surface area contributed by atoms with E-state index in [9.17, 15) is 10.2 Å². The minimum absolute atomic E-state index is 0.00640. The van der Waals surface area contributed by atoms with Crippen molar-refractivity contribution in [3.05, 3.63) is 53.9 Å². The Morgan fingerprint density at radius 1 is 1.27 bits per heavy atom. The molecule has 198 valence electrons. The van der Waals surface area contributed by atoms with Crippen LogP contribution in [0.5, 0.6) is 5.75 Å². The molecule has 3 N–H and O–H groups in total. The summed E-state index contributed by atoms with van der Waals surface area (Å²) in [6.07, 6.45) is 4.95. The van der Waals surface area contributed by atoms with Crippen LogP contribution in [0.2, 0.25) is 0 Å². The smallest absolute Gasteiger partial charge is 0.245 e. The molecule has 2 aromatic heterocycles. The van der Waals surface area contributed by atoms with Crippen LogP contribution in [0.1, 0.15) is 36.9 Å². The normalized spacial score (nSPS) is 19.3. The molecule has 1 fully saturated rings. The number of aliphatic hydroxyl groups is 2. The van der Waals surface area contributed by atoms with Crippen molar-refractivity contribution in [3.8, 4) is 5.75 Å². The Morgan fingerprint density at radius 2 is 2.11 bits per heavy atom. The SMILES string of the molecule is CC/C=C(\C(=NC)OC)c1ccc2cnc(Nc3ccc([C@@H]4CCN(CCO)C[C@@H]4O)cc3OC)nn12. The van der Waals surface area contributed by atoms with E-state index in [-0.39, 0.29) is 12.5 Å². The van der Waals surface area contributed by atoms with Crippen LogP contribution in [0.3, 0.4) is 0 Å². The maximum atomic E-state index is 10.7. The van der Waals surface area contributed by atoms with Gasteiger partial charge in [-0.15, -0.1) is 5.10 Å². The number of ether oxygens (including phenoxy) is 2. The molecule has 1 aliphatic heterocycles. The zero-order valence-electron chi connectivity index (χ0n) is 21.9. The van der Waals surface area contributed by atoms with E-state index in [4.69, 9.17) is 14.6 Å². The Bertz CT molecular complexity index is 1270. The van der Waals surface area contributed by atoms with Crippen LogP contribution < -0.4 is 10.1 Å². The molecule has 3 heterocycles. The fraction of sp³-hybridized carbons (Fsp3) is 0.444. The number of nitrogens with one attached hydrogen (secondary N) is 1. The van der Waals surface area contributed by atoms with Gasteiger partial charge in [0.05, 0.1) is 55.6 Å². The first kappa shape index (κ1) is 26.6. The van der Waals surface area contributed by atoms with Crippen molar-refractivity contribution >= 4 is 28.6 Å². The number of hydrogen-bond donors (Lipinski definition) is 3. The first-order valence-electron chi connectivity index (χ1n) is 12.6. The van der Waals surface area contributed by atoms with E-state index in [1.54, 1.807) is 27.5 Å². The van der Waals surface area contributed by atoms with Gasteiger partial charge < -0.3 is 25.0 Å². The van der Waals surface area contributed by atoms with Gasteiger partial charge in [0.1, 0.15) is 5.75 Å². The van der Waals surface area contributed by atoms with Crippen LogP contribution in [0, 0.1) is 0 Å². The van der Waals surface area contributed by atoms with E-state index < -0.39 is 6.10 Å². The highest BCUT2D eigenvalue weighted by Gasteiger charge is 2.29. The number of hydrogen-bond acceptors (Lipinski definition) is 9. The Balaban J connectivity index is 1.60. The molecule has 0 unspecified atom stereocenters. The highest BCUT2D eigenvalue weighted by molar-refractivity contribution is 6.19. The zero-order valence-corrected chi connectivity index (χ0v) is 21.9. The molecule has 0 saturated carbocycles. The monoisotopic (exact) mass is 508 g/mol. The average Bonchev–Trinajstić information content (AvgIpc) is 3.32. The second-order valence-electron chi connectivity index (χ2n) is 8.97. The van der Waals surface area contributed by atoms with Gasteiger partial charge >= 0.3 is 0 Å². The number of likely N-dealkylation sites (tertiary alicyclic amines) is 1. The number of fused-ring (bicyclic) bond motifs is 1. The second kappa shape index (κ2) is 12.2. The lowest BCUT2D eigenvalue weighted by molar-refractivity contribution is 0.0434. The van der Waals surface area contributed by atoms with E-state index in [1.807, 2.05) is 34.8 Å².